The van der Waals surface area contributed by atoms with E-state index in [4.69, 9.17) is 0 Å². The van der Waals surface area contributed by atoms with Crippen molar-refractivity contribution in [2.45, 2.75) is 38.3 Å². The summed E-state index contributed by atoms with van der Waals surface area (Å²) in [5, 5.41) is 13.3. The zero-order valence-corrected chi connectivity index (χ0v) is 12.2. The van der Waals surface area contributed by atoms with Gasteiger partial charge in [-0.05, 0) is 59.0 Å². The highest BCUT2D eigenvalue weighted by molar-refractivity contribution is 14.1. The van der Waals surface area contributed by atoms with Crippen molar-refractivity contribution in [2.75, 3.05) is 6.54 Å². The molecule has 94 valence electrons. The second-order valence-corrected chi connectivity index (χ2v) is 6.11. The lowest BCUT2D eigenvalue weighted by Gasteiger charge is -2.27. The summed E-state index contributed by atoms with van der Waals surface area (Å²) in [5.41, 5.74) is 1.32. The Morgan fingerprint density at radius 2 is 1.88 bits per heavy atom. The van der Waals surface area contributed by atoms with E-state index in [0.717, 1.165) is 19.5 Å². The van der Waals surface area contributed by atoms with Gasteiger partial charge in [0.05, 0.1) is 6.10 Å². The molecule has 1 saturated carbocycles. The molecule has 2 N–H and O–H groups in total. The van der Waals surface area contributed by atoms with E-state index in [2.05, 4.69) is 52.2 Å². The van der Waals surface area contributed by atoms with Gasteiger partial charge in [0, 0.05) is 16.7 Å². The third-order valence-electron chi connectivity index (χ3n) is 3.52. The second-order valence-electron chi connectivity index (χ2n) is 4.87. The van der Waals surface area contributed by atoms with Crippen molar-refractivity contribution in [3.63, 3.8) is 0 Å². The highest BCUT2D eigenvalue weighted by Crippen LogP contribution is 2.23. The minimum atomic E-state index is -0.0898. The van der Waals surface area contributed by atoms with Crippen LogP contribution in [-0.4, -0.2) is 17.8 Å². The van der Waals surface area contributed by atoms with Crippen LogP contribution in [0.25, 0.3) is 0 Å². The van der Waals surface area contributed by atoms with Gasteiger partial charge in [-0.25, -0.2) is 0 Å². The average Bonchev–Trinajstić information content (AvgIpc) is 2.34. The summed E-state index contributed by atoms with van der Waals surface area (Å²) in [6, 6.07) is 8.58. The molecule has 2 nitrogen and oxygen atoms in total. The lowest BCUT2D eigenvalue weighted by Crippen LogP contribution is -2.33. The molecule has 1 aliphatic carbocycles. The first-order chi connectivity index (χ1) is 8.25. The smallest absolute Gasteiger partial charge is 0.0580 e. The predicted molar refractivity (Wildman–Crippen MR) is 78.8 cm³/mol. The Hall–Kier alpha value is -0.130. The first-order valence-corrected chi connectivity index (χ1v) is 7.47. The van der Waals surface area contributed by atoms with Crippen LogP contribution < -0.4 is 5.32 Å². The van der Waals surface area contributed by atoms with E-state index in [1.807, 2.05) is 0 Å². The molecule has 2 rings (SSSR count). The van der Waals surface area contributed by atoms with Gasteiger partial charge in [0.15, 0.2) is 0 Å². The molecular weight excluding hydrogens is 325 g/mol. The molecular formula is C14H20INO. The SMILES string of the molecule is OC1CCCCC1CNCc1ccc(I)cc1. The normalized spacial score (nSPS) is 24.8. The summed E-state index contributed by atoms with van der Waals surface area (Å²) in [6.07, 6.45) is 4.52. The van der Waals surface area contributed by atoms with Crippen LogP contribution in [0.5, 0.6) is 0 Å². The fraction of sp³-hybridized carbons (Fsp3) is 0.571. The molecule has 17 heavy (non-hydrogen) atoms. The molecule has 1 aromatic carbocycles. The van der Waals surface area contributed by atoms with Crippen molar-refractivity contribution in [3.8, 4) is 0 Å². The van der Waals surface area contributed by atoms with Crippen molar-refractivity contribution in [2.24, 2.45) is 5.92 Å². The van der Waals surface area contributed by atoms with E-state index < -0.39 is 0 Å². The molecule has 0 radical (unpaired) electrons. The predicted octanol–water partition coefficient (Wildman–Crippen LogP) is 2.93. The molecule has 0 aromatic heterocycles. The zero-order valence-electron chi connectivity index (χ0n) is 10.0. The molecule has 0 aliphatic heterocycles. The zero-order chi connectivity index (χ0) is 12.1. The van der Waals surface area contributed by atoms with Crippen LogP contribution in [0.2, 0.25) is 0 Å². The van der Waals surface area contributed by atoms with Gasteiger partial charge >= 0.3 is 0 Å². The first-order valence-electron chi connectivity index (χ1n) is 6.39. The fourth-order valence-corrected chi connectivity index (χ4v) is 2.79. The Balaban J connectivity index is 1.73. The topological polar surface area (TPSA) is 32.3 Å². The summed E-state index contributed by atoms with van der Waals surface area (Å²) in [4.78, 5) is 0. The van der Waals surface area contributed by atoms with E-state index in [9.17, 15) is 5.11 Å². The maximum atomic E-state index is 9.86. The lowest BCUT2D eigenvalue weighted by molar-refractivity contribution is 0.0695. The van der Waals surface area contributed by atoms with Gasteiger partial charge in [-0.15, -0.1) is 0 Å². The van der Waals surface area contributed by atoms with Crippen molar-refractivity contribution in [1.29, 1.82) is 0 Å². The second kappa shape index (κ2) is 6.71. The number of hydrogen-bond donors (Lipinski definition) is 2. The molecule has 1 fully saturated rings. The number of aliphatic hydroxyl groups is 1. The van der Waals surface area contributed by atoms with Crippen LogP contribution in [0, 0.1) is 9.49 Å². The third-order valence-corrected chi connectivity index (χ3v) is 4.24. The number of nitrogens with one attached hydrogen (secondary N) is 1. The summed E-state index contributed by atoms with van der Waals surface area (Å²) in [7, 11) is 0. The van der Waals surface area contributed by atoms with E-state index in [1.54, 1.807) is 0 Å². The van der Waals surface area contributed by atoms with E-state index in [0.29, 0.717) is 5.92 Å². The maximum absolute atomic E-state index is 9.86. The minimum absolute atomic E-state index is 0.0898. The van der Waals surface area contributed by atoms with Crippen molar-refractivity contribution in [3.05, 3.63) is 33.4 Å². The van der Waals surface area contributed by atoms with Crippen LogP contribution >= 0.6 is 22.6 Å². The number of benzene rings is 1. The van der Waals surface area contributed by atoms with E-state index in [1.165, 1.54) is 28.4 Å². The van der Waals surface area contributed by atoms with Crippen LogP contribution in [0.1, 0.15) is 31.2 Å². The van der Waals surface area contributed by atoms with Gasteiger partial charge in [-0.3, -0.25) is 0 Å². The molecule has 3 heteroatoms. The molecule has 2 atom stereocenters. The summed E-state index contributed by atoms with van der Waals surface area (Å²) in [5.74, 6) is 0.451. The number of aliphatic hydroxyl groups excluding tert-OH is 1. The molecule has 2 unspecified atom stereocenters. The van der Waals surface area contributed by atoms with E-state index >= 15 is 0 Å². The lowest BCUT2D eigenvalue weighted by atomic mass is 9.86. The maximum Gasteiger partial charge on any atom is 0.0580 e. The molecule has 1 aromatic rings. The van der Waals surface area contributed by atoms with Crippen LogP contribution in [0.3, 0.4) is 0 Å². The van der Waals surface area contributed by atoms with Gasteiger partial charge in [0.1, 0.15) is 0 Å². The number of halogens is 1. The molecule has 1 aliphatic rings. The van der Waals surface area contributed by atoms with Gasteiger partial charge < -0.3 is 10.4 Å². The van der Waals surface area contributed by atoms with Crippen LogP contribution in [-0.2, 0) is 6.54 Å². The molecule has 0 saturated heterocycles. The standard InChI is InChI=1S/C14H20INO/c15-13-7-5-11(6-8-13)9-16-10-12-3-1-2-4-14(12)17/h5-8,12,14,16-17H,1-4,9-10H2. The van der Waals surface area contributed by atoms with Crippen molar-refractivity contribution < 1.29 is 5.11 Å². The minimum Gasteiger partial charge on any atom is -0.393 e. The average molecular weight is 345 g/mol. The Bertz CT molecular complexity index is 339. The first kappa shape index (κ1) is 13.3. The van der Waals surface area contributed by atoms with E-state index in [-0.39, 0.29) is 6.10 Å². The quantitative estimate of drug-likeness (QED) is 0.823. The summed E-state index contributed by atoms with van der Waals surface area (Å²) < 4.78 is 1.27. The largest absolute Gasteiger partial charge is 0.393 e. The van der Waals surface area contributed by atoms with Crippen molar-refractivity contribution in [1.82, 2.24) is 5.32 Å². The Kier molecular flexibility index (Phi) is 5.25. The van der Waals surface area contributed by atoms with Crippen LogP contribution in [0.4, 0.5) is 0 Å². The van der Waals surface area contributed by atoms with Crippen LogP contribution in [0.15, 0.2) is 24.3 Å². The molecule has 0 amide bonds. The molecule has 0 heterocycles. The summed E-state index contributed by atoms with van der Waals surface area (Å²) in [6.45, 7) is 1.84. The van der Waals surface area contributed by atoms with Crippen molar-refractivity contribution >= 4 is 22.6 Å². The van der Waals surface area contributed by atoms with Gasteiger partial charge in [-0.2, -0.15) is 0 Å². The Morgan fingerprint density at radius 3 is 2.59 bits per heavy atom. The fourth-order valence-electron chi connectivity index (χ4n) is 2.43. The van der Waals surface area contributed by atoms with Gasteiger partial charge in [0.25, 0.3) is 0 Å². The monoisotopic (exact) mass is 345 g/mol. The van der Waals surface area contributed by atoms with Gasteiger partial charge in [0.2, 0.25) is 0 Å². The Morgan fingerprint density at radius 1 is 1.18 bits per heavy atom. The van der Waals surface area contributed by atoms with Gasteiger partial charge in [-0.1, -0.05) is 25.0 Å². The number of hydrogen-bond acceptors (Lipinski definition) is 2. The highest BCUT2D eigenvalue weighted by Gasteiger charge is 2.22. The number of rotatable bonds is 4. The summed E-state index contributed by atoms with van der Waals surface area (Å²) >= 11 is 2.32. The molecule has 0 spiro atoms. The third kappa shape index (κ3) is 4.23. The highest BCUT2D eigenvalue weighted by atomic mass is 127. The molecule has 0 bridgehead atoms. The Labute approximate surface area is 117 Å².